The molecule has 1 N–H and O–H groups in total. The number of rotatable bonds is 5. The van der Waals surface area contributed by atoms with Crippen LogP contribution in [-0.2, 0) is 16.4 Å². The molecule has 28 heavy (non-hydrogen) atoms. The summed E-state index contributed by atoms with van der Waals surface area (Å²) >= 11 is 6.59. The van der Waals surface area contributed by atoms with Crippen molar-refractivity contribution in [1.82, 2.24) is 9.78 Å². The van der Waals surface area contributed by atoms with Crippen LogP contribution in [-0.4, -0.2) is 43.3 Å². The van der Waals surface area contributed by atoms with Crippen molar-refractivity contribution in [1.29, 1.82) is 0 Å². The van der Waals surface area contributed by atoms with E-state index >= 15 is 0 Å². The van der Waals surface area contributed by atoms with Crippen LogP contribution in [0, 0.1) is 5.92 Å². The highest BCUT2D eigenvalue weighted by atomic mass is 35.5. The van der Waals surface area contributed by atoms with E-state index in [1.807, 2.05) is 4.90 Å². The summed E-state index contributed by atoms with van der Waals surface area (Å²) in [6, 6.07) is 2.80. The number of nitrogens with one attached hydrogen (secondary N) is 1. The molecule has 1 unspecified atom stereocenters. The average Bonchev–Trinajstić information content (AvgIpc) is 3.00. The fraction of sp³-hybridized carbons (Fsp3) is 0.474. The highest BCUT2D eigenvalue weighted by Gasteiger charge is 2.29. The number of ketones is 1. The van der Waals surface area contributed by atoms with Crippen molar-refractivity contribution in [3.05, 3.63) is 44.8 Å². The Hall–Kier alpha value is -2.06. The molecule has 0 radical (unpaired) electrons. The van der Waals surface area contributed by atoms with Crippen LogP contribution in [0.5, 0.6) is 0 Å². The molecule has 0 spiro atoms. The predicted molar refractivity (Wildman–Crippen MR) is 109 cm³/mol. The Morgan fingerprint density at radius 3 is 2.61 bits per heavy atom. The molecule has 1 aromatic carbocycles. The van der Waals surface area contributed by atoms with E-state index in [-0.39, 0.29) is 21.0 Å². The van der Waals surface area contributed by atoms with Gasteiger partial charge in [0.2, 0.25) is 5.78 Å². The zero-order chi connectivity index (χ0) is 20.6. The first-order valence-corrected chi connectivity index (χ1v) is 11.5. The van der Waals surface area contributed by atoms with Crippen molar-refractivity contribution in [2.75, 3.05) is 24.2 Å². The van der Waals surface area contributed by atoms with Gasteiger partial charge in [0.1, 0.15) is 5.56 Å². The predicted octanol–water partition coefficient (Wildman–Crippen LogP) is 2.72. The number of anilines is 1. The average molecular weight is 426 g/mol. The third kappa shape index (κ3) is 3.75. The second-order valence-electron chi connectivity index (χ2n) is 7.31. The Kier molecular flexibility index (Phi) is 5.72. The summed E-state index contributed by atoms with van der Waals surface area (Å²) in [4.78, 5) is 27.4. The van der Waals surface area contributed by atoms with Crippen LogP contribution in [0.2, 0.25) is 5.02 Å². The minimum Gasteiger partial charge on any atom is -0.369 e. The van der Waals surface area contributed by atoms with Gasteiger partial charge >= 0.3 is 0 Å². The van der Waals surface area contributed by atoms with Crippen molar-refractivity contribution in [2.45, 2.75) is 38.1 Å². The summed E-state index contributed by atoms with van der Waals surface area (Å²) in [5.41, 5.74) is 0.0345. The molecule has 9 heteroatoms. The number of aryl methyl sites for hydroxylation is 1. The molecule has 3 rings (SSSR count). The molecule has 1 aliphatic heterocycles. The highest BCUT2D eigenvalue weighted by molar-refractivity contribution is 7.90. The van der Waals surface area contributed by atoms with Crippen molar-refractivity contribution < 1.29 is 13.2 Å². The number of piperidine rings is 1. The van der Waals surface area contributed by atoms with Gasteiger partial charge in [-0.15, -0.1) is 0 Å². The molecule has 0 bridgehead atoms. The number of aromatic nitrogens is 2. The number of hydrogen-bond acceptors (Lipinski definition) is 5. The Labute approximate surface area is 169 Å². The fourth-order valence-corrected chi connectivity index (χ4v) is 4.98. The number of halogens is 1. The second-order valence-corrected chi connectivity index (χ2v) is 9.67. The van der Waals surface area contributed by atoms with Crippen molar-refractivity contribution in [2.24, 2.45) is 5.92 Å². The maximum atomic E-state index is 13.0. The number of hydrogen-bond donors (Lipinski definition) is 1. The number of carbonyl (C=O) groups is 1. The number of aromatic amines is 1. The lowest BCUT2D eigenvalue weighted by molar-refractivity contribution is 0.103. The van der Waals surface area contributed by atoms with E-state index in [2.05, 4.69) is 12.0 Å². The van der Waals surface area contributed by atoms with Gasteiger partial charge in [-0.1, -0.05) is 18.5 Å². The molecule has 1 atom stereocenters. The zero-order valence-corrected chi connectivity index (χ0v) is 17.7. The highest BCUT2D eigenvalue weighted by Crippen LogP contribution is 2.38. The summed E-state index contributed by atoms with van der Waals surface area (Å²) in [5.74, 6) is -0.136. The monoisotopic (exact) mass is 425 g/mol. The van der Waals surface area contributed by atoms with Crippen molar-refractivity contribution >= 4 is 32.9 Å². The minimum atomic E-state index is -3.55. The van der Waals surface area contributed by atoms with Crippen LogP contribution in [0.4, 0.5) is 5.69 Å². The molecule has 0 saturated carbocycles. The molecule has 152 valence electrons. The van der Waals surface area contributed by atoms with Crippen LogP contribution in [0.3, 0.4) is 0 Å². The second kappa shape index (κ2) is 7.75. The SMILES string of the molecule is CCn1[nH]cc(C(=O)c2ccc(S(C)(=O)=O)c(N3CCCC(C)C3)c2Cl)c1=O. The van der Waals surface area contributed by atoms with Crippen LogP contribution in [0.15, 0.2) is 28.0 Å². The Bertz CT molecular complexity index is 1070. The lowest BCUT2D eigenvalue weighted by Crippen LogP contribution is -2.35. The molecular formula is C19H24ClN3O4S. The topological polar surface area (TPSA) is 92.2 Å². The number of sulfone groups is 1. The van der Waals surface area contributed by atoms with Crippen LogP contribution in [0.1, 0.15) is 42.6 Å². The van der Waals surface area contributed by atoms with Crippen LogP contribution in [0.25, 0.3) is 0 Å². The van der Waals surface area contributed by atoms with E-state index in [1.54, 1.807) is 6.92 Å². The van der Waals surface area contributed by atoms with Gasteiger partial charge in [-0.25, -0.2) is 8.42 Å². The third-order valence-corrected chi connectivity index (χ3v) is 6.61. The van der Waals surface area contributed by atoms with E-state index in [1.165, 1.54) is 23.0 Å². The fourth-order valence-electron chi connectivity index (χ4n) is 3.66. The smallest absolute Gasteiger partial charge is 0.277 e. The van der Waals surface area contributed by atoms with E-state index in [9.17, 15) is 18.0 Å². The first kappa shape index (κ1) is 20.7. The molecule has 1 fully saturated rings. The Balaban J connectivity index is 2.16. The molecule has 0 aliphatic carbocycles. The molecule has 2 heterocycles. The van der Waals surface area contributed by atoms with Gasteiger partial charge in [-0.2, -0.15) is 0 Å². The van der Waals surface area contributed by atoms with Gasteiger partial charge in [-0.05, 0) is 37.8 Å². The standard InChI is InChI=1S/C19H24ClN3O4S/c1-4-23-19(25)14(10-21-23)18(24)13-7-8-15(28(3,26)27)17(16(13)20)22-9-5-6-12(2)11-22/h7-8,10,12,21H,4-6,9,11H2,1-3H3. The van der Waals surface area contributed by atoms with E-state index in [0.29, 0.717) is 31.2 Å². The summed E-state index contributed by atoms with van der Waals surface area (Å²) in [5, 5.41) is 2.82. The van der Waals surface area contributed by atoms with E-state index in [4.69, 9.17) is 11.6 Å². The maximum absolute atomic E-state index is 13.0. The first-order chi connectivity index (χ1) is 13.1. The molecule has 2 aromatic rings. The largest absolute Gasteiger partial charge is 0.369 e. The quantitative estimate of drug-likeness (QED) is 0.743. The lowest BCUT2D eigenvalue weighted by atomic mass is 9.98. The van der Waals surface area contributed by atoms with Crippen molar-refractivity contribution in [3.8, 4) is 0 Å². The van der Waals surface area contributed by atoms with E-state index < -0.39 is 21.2 Å². The summed E-state index contributed by atoms with van der Waals surface area (Å²) in [6.07, 6.45) is 4.46. The summed E-state index contributed by atoms with van der Waals surface area (Å²) in [7, 11) is -3.55. The summed E-state index contributed by atoms with van der Waals surface area (Å²) < 4.78 is 26.0. The number of benzene rings is 1. The molecule has 1 aliphatic rings. The zero-order valence-electron chi connectivity index (χ0n) is 16.2. The van der Waals surface area contributed by atoms with Crippen LogP contribution < -0.4 is 10.5 Å². The van der Waals surface area contributed by atoms with Gasteiger partial charge in [-0.3, -0.25) is 14.3 Å². The first-order valence-electron chi connectivity index (χ1n) is 9.25. The van der Waals surface area contributed by atoms with E-state index in [0.717, 1.165) is 19.1 Å². The Morgan fingerprint density at radius 1 is 1.32 bits per heavy atom. The van der Waals surface area contributed by atoms with Crippen molar-refractivity contribution in [3.63, 3.8) is 0 Å². The van der Waals surface area contributed by atoms with Gasteiger partial charge in [0, 0.05) is 37.7 Å². The normalized spacial score (nSPS) is 17.7. The number of nitrogens with zero attached hydrogens (tertiary/aromatic N) is 2. The van der Waals surface area contributed by atoms with Crippen LogP contribution >= 0.6 is 11.6 Å². The van der Waals surface area contributed by atoms with Gasteiger partial charge < -0.3 is 10.00 Å². The Morgan fingerprint density at radius 2 is 2.04 bits per heavy atom. The molecule has 1 aromatic heterocycles. The molecular weight excluding hydrogens is 402 g/mol. The maximum Gasteiger partial charge on any atom is 0.277 e. The van der Waals surface area contributed by atoms with Gasteiger partial charge in [0.25, 0.3) is 5.56 Å². The lowest BCUT2D eigenvalue weighted by Gasteiger charge is -2.34. The number of carbonyl (C=O) groups excluding carboxylic acids is 1. The third-order valence-electron chi connectivity index (χ3n) is 5.10. The van der Waals surface area contributed by atoms with Gasteiger partial charge in [0.15, 0.2) is 9.84 Å². The molecule has 7 nitrogen and oxygen atoms in total. The molecule has 1 saturated heterocycles. The summed E-state index contributed by atoms with van der Waals surface area (Å²) in [6.45, 7) is 5.62. The number of H-pyrrole nitrogens is 1. The minimum absolute atomic E-state index is 0.0196. The molecule has 0 amide bonds. The van der Waals surface area contributed by atoms with Gasteiger partial charge in [0.05, 0.1) is 15.6 Å².